The van der Waals surface area contributed by atoms with Gasteiger partial charge >= 0.3 is 6.36 Å². The molecule has 0 unspecified atom stereocenters. The molecule has 3 rings (SSSR count). The van der Waals surface area contributed by atoms with Crippen molar-refractivity contribution in [2.45, 2.75) is 26.3 Å². The van der Waals surface area contributed by atoms with Crippen LogP contribution in [0.15, 0.2) is 49.1 Å². The number of ether oxygens (including phenoxy) is 3. The first-order valence-corrected chi connectivity index (χ1v) is 9.07. The van der Waals surface area contributed by atoms with Crippen LogP contribution in [0, 0.1) is 0 Å². The van der Waals surface area contributed by atoms with Crippen molar-refractivity contribution in [1.29, 1.82) is 0 Å². The molecule has 1 heterocycles. The lowest BCUT2D eigenvalue weighted by Gasteiger charge is -2.16. The smallest absolute Gasteiger partial charge is 0.493 e. The van der Waals surface area contributed by atoms with Gasteiger partial charge in [-0.3, -0.25) is 4.79 Å². The summed E-state index contributed by atoms with van der Waals surface area (Å²) in [6.45, 7) is 3.70. The third-order valence-electron chi connectivity index (χ3n) is 3.90. The van der Waals surface area contributed by atoms with Crippen LogP contribution in [0.5, 0.6) is 17.2 Å². The highest BCUT2D eigenvalue weighted by Crippen LogP contribution is 2.32. The van der Waals surface area contributed by atoms with Gasteiger partial charge in [-0.05, 0) is 44.2 Å². The van der Waals surface area contributed by atoms with Gasteiger partial charge < -0.3 is 19.5 Å². The number of hydrogen-bond donors (Lipinski definition) is 1. The van der Waals surface area contributed by atoms with E-state index in [0.717, 1.165) is 12.1 Å². The largest absolute Gasteiger partial charge is 0.573 e. The number of hydrogen-bond acceptors (Lipinski definition) is 6. The molecule has 0 aliphatic rings. The van der Waals surface area contributed by atoms with Gasteiger partial charge in [0.25, 0.3) is 5.91 Å². The van der Waals surface area contributed by atoms with Gasteiger partial charge in [-0.15, -0.1) is 13.2 Å². The van der Waals surface area contributed by atoms with E-state index in [2.05, 4.69) is 20.1 Å². The molecule has 0 saturated heterocycles. The summed E-state index contributed by atoms with van der Waals surface area (Å²) in [5.74, 6) is -0.283. The zero-order chi connectivity index (χ0) is 22.6. The molecule has 1 N–H and O–H groups in total. The Kier molecular flexibility index (Phi) is 6.33. The third kappa shape index (κ3) is 5.65. The van der Waals surface area contributed by atoms with Crippen molar-refractivity contribution in [1.82, 2.24) is 14.8 Å². The van der Waals surface area contributed by atoms with E-state index in [9.17, 15) is 18.0 Å². The Balaban J connectivity index is 1.93. The van der Waals surface area contributed by atoms with Gasteiger partial charge in [0, 0.05) is 11.6 Å². The van der Waals surface area contributed by atoms with Crippen LogP contribution in [-0.4, -0.2) is 40.2 Å². The van der Waals surface area contributed by atoms with Crippen LogP contribution in [0.4, 0.5) is 18.9 Å². The predicted molar refractivity (Wildman–Crippen MR) is 105 cm³/mol. The van der Waals surface area contributed by atoms with Gasteiger partial charge in [0.1, 0.15) is 18.4 Å². The quantitative estimate of drug-likeness (QED) is 0.597. The van der Waals surface area contributed by atoms with Crippen LogP contribution in [0.1, 0.15) is 24.2 Å². The van der Waals surface area contributed by atoms with Gasteiger partial charge in [-0.2, -0.15) is 5.10 Å². The first-order valence-electron chi connectivity index (χ1n) is 9.07. The molecule has 1 amide bonds. The van der Waals surface area contributed by atoms with Crippen molar-refractivity contribution in [3.05, 3.63) is 54.6 Å². The van der Waals surface area contributed by atoms with E-state index < -0.39 is 18.0 Å². The Morgan fingerprint density at radius 1 is 1.13 bits per heavy atom. The lowest BCUT2D eigenvalue weighted by molar-refractivity contribution is -0.274. The van der Waals surface area contributed by atoms with Crippen molar-refractivity contribution in [3.8, 4) is 22.9 Å². The first kappa shape index (κ1) is 21.9. The molecule has 0 spiro atoms. The van der Waals surface area contributed by atoms with Crippen LogP contribution in [0.2, 0.25) is 0 Å². The van der Waals surface area contributed by atoms with Crippen LogP contribution in [-0.2, 0) is 0 Å². The summed E-state index contributed by atoms with van der Waals surface area (Å²) in [6, 6.07) is 8.05. The highest BCUT2D eigenvalue weighted by molar-refractivity contribution is 6.05. The summed E-state index contributed by atoms with van der Waals surface area (Å²) < 4.78 is 54.0. The number of benzene rings is 2. The minimum Gasteiger partial charge on any atom is -0.493 e. The standard InChI is InChI=1S/C20H19F3N4O4/c1-12(2)30-17-7-4-13(8-18(17)29-3)19(28)26-15-9-14(31-20(21,22)23)5-6-16(15)27-11-24-10-25-27/h4-12H,1-3H3,(H,26,28). The van der Waals surface area contributed by atoms with E-state index in [1.165, 1.54) is 42.6 Å². The second-order valence-corrected chi connectivity index (χ2v) is 6.55. The molecule has 0 saturated carbocycles. The summed E-state index contributed by atoms with van der Waals surface area (Å²) >= 11 is 0. The SMILES string of the molecule is COc1cc(C(=O)Nc2cc(OC(F)(F)F)ccc2-n2cncn2)ccc1OC(C)C. The predicted octanol–water partition coefficient (Wildman–Crippen LogP) is 4.21. The number of rotatable bonds is 7. The first-order chi connectivity index (χ1) is 14.7. The molecule has 0 atom stereocenters. The molecule has 0 aliphatic heterocycles. The van der Waals surface area contributed by atoms with E-state index in [1.807, 2.05) is 13.8 Å². The van der Waals surface area contributed by atoms with Crippen LogP contribution in [0.25, 0.3) is 5.69 Å². The minimum absolute atomic E-state index is 0.0405. The number of amides is 1. The molecule has 3 aromatic rings. The average Bonchev–Trinajstić information content (AvgIpc) is 3.21. The molecule has 8 nitrogen and oxygen atoms in total. The number of nitrogens with zero attached hydrogens (tertiary/aromatic N) is 3. The van der Waals surface area contributed by atoms with E-state index >= 15 is 0 Å². The number of carbonyl (C=O) groups is 1. The van der Waals surface area contributed by atoms with E-state index in [0.29, 0.717) is 17.2 Å². The normalized spacial score (nSPS) is 11.3. The van der Waals surface area contributed by atoms with Crippen molar-refractivity contribution >= 4 is 11.6 Å². The van der Waals surface area contributed by atoms with Crippen LogP contribution in [0.3, 0.4) is 0 Å². The molecule has 1 aromatic heterocycles. The van der Waals surface area contributed by atoms with Gasteiger partial charge in [-0.1, -0.05) is 0 Å². The number of carbonyl (C=O) groups excluding carboxylic acids is 1. The highest BCUT2D eigenvalue weighted by Gasteiger charge is 2.31. The molecular formula is C20H19F3N4O4. The molecule has 31 heavy (non-hydrogen) atoms. The fraction of sp³-hybridized carbons (Fsp3) is 0.250. The van der Waals surface area contributed by atoms with Crippen molar-refractivity contribution in [2.24, 2.45) is 0 Å². The Morgan fingerprint density at radius 3 is 2.52 bits per heavy atom. The molecule has 0 fully saturated rings. The maximum Gasteiger partial charge on any atom is 0.573 e. The summed E-state index contributed by atoms with van der Waals surface area (Å²) in [6.07, 6.45) is -2.38. The zero-order valence-corrected chi connectivity index (χ0v) is 16.8. The number of aromatic nitrogens is 3. The lowest BCUT2D eigenvalue weighted by Crippen LogP contribution is -2.18. The molecule has 2 aromatic carbocycles. The summed E-state index contributed by atoms with van der Waals surface area (Å²) in [5.41, 5.74) is 0.547. The lowest BCUT2D eigenvalue weighted by atomic mass is 10.1. The fourth-order valence-corrected chi connectivity index (χ4v) is 2.70. The maximum absolute atomic E-state index is 12.8. The summed E-state index contributed by atoms with van der Waals surface area (Å²) in [5, 5.41) is 6.53. The molecule has 164 valence electrons. The number of methoxy groups -OCH3 is 1. The molecule has 0 bridgehead atoms. The van der Waals surface area contributed by atoms with Crippen LogP contribution >= 0.6 is 0 Å². The summed E-state index contributed by atoms with van der Waals surface area (Å²) in [4.78, 5) is 16.6. The molecule has 0 aliphatic carbocycles. The van der Waals surface area contributed by atoms with E-state index in [4.69, 9.17) is 9.47 Å². The number of nitrogens with one attached hydrogen (secondary N) is 1. The number of halogens is 3. The highest BCUT2D eigenvalue weighted by atomic mass is 19.4. The van der Waals surface area contributed by atoms with Crippen molar-refractivity contribution in [2.75, 3.05) is 12.4 Å². The second kappa shape index (κ2) is 8.94. The molecule has 11 heteroatoms. The molecular weight excluding hydrogens is 417 g/mol. The Labute approximate surface area is 175 Å². The Hall–Kier alpha value is -3.76. The average molecular weight is 436 g/mol. The van der Waals surface area contributed by atoms with E-state index in [1.54, 1.807) is 6.07 Å². The topological polar surface area (TPSA) is 87.5 Å². The monoisotopic (exact) mass is 436 g/mol. The fourth-order valence-electron chi connectivity index (χ4n) is 2.70. The van der Waals surface area contributed by atoms with Gasteiger partial charge in [0.15, 0.2) is 11.5 Å². The maximum atomic E-state index is 12.8. The number of alkyl halides is 3. The van der Waals surface area contributed by atoms with Gasteiger partial charge in [-0.25, -0.2) is 9.67 Å². The van der Waals surface area contributed by atoms with Gasteiger partial charge in [0.05, 0.1) is 24.6 Å². The summed E-state index contributed by atoms with van der Waals surface area (Å²) in [7, 11) is 1.44. The van der Waals surface area contributed by atoms with E-state index in [-0.39, 0.29) is 17.4 Å². The minimum atomic E-state index is -4.88. The molecule has 0 radical (unpaired) electrons. The second-order valence-electron chi connectivity index (χ2n) is 6.55. The third-order valence-corrected chi connectivity index (χ3v) is 3.90. The Bertz CT molecular complexity index is 1050. The number of anilines is 1. The zero-order valence-electron chi connectivity index (χ0n) is 16.8. The van der Waals surface area contributed by atoms with Crippen LogP contribution < -0.4 is 19.5 Å². The Morgan fingerprint density at radius 2 is 1.90 bits per heavy atom. The van der Waals surface area contributed by atoms with Crippen molar-refractivity contribution < 1.29 is 32.2 Å². The van der Waals surface area contributed by atoms with Gasteiger partial charge in [0.2, 0.25) is 0 Å². The van der Waals surface area contributed by atoms with Crippen molar-refractivity contribution in [3.63, 3.8) is 0 Å².